The van der Waals surface area contributed by atoms with Crippen molar-refractivity contribution in [2.75, 3.05) is 20.3 Å². The quantitative estimate of drug-likeness (QED) is 0.292. The summed E-state index contributed by atoms with van der Waals surface area (Å²) in [7, 11) is 1.40. The van der Waals surface area contributed by atoms with Crippen LogP contribution >= 0.6 is 0 Å². The van der Waals surface area contributed by atoms with E-state index >= 15 is 0 Å². The largest absolute Gasteiger partial charge is 0.469 e. The van der Waals surface area contributed by atoms with E-state index in [0.717, 1.165) is 44.1 Å². The van der Waals surface area contributed by atoms with Crippen molar-refractivity contribution in [3.8, 4) is 0 Å². The highest BCUT2D eigenvalue weighted by atomic mass is 16.8. The summed E-state index contributed by atoms with van der Waals surface area (Å²) in [6.07, 6.45) is 0.798. The number of rotatable bonds is 13. The van der Waals surface area contributed by atoms with Crippen LogP contribution in [0.15, 0.2) is 60.7 Å². The molecule has 39 heavy (non-hydrogen) atoms. The second-order valence-corrected chi connectivity index (χ2v) is 9.76. The Kier molecular flexibility index (Phi) is 11.3. The van der Waals surface area contributed by atoms with Crippen LogP contribution in [0.3, 0.4) is 0 Å². The zero-order valence-electron chi connectivity index (χ0n) is 22.3. The van der Waals surface area contributed by atoms with E-state index in [-0.39, 0.29) is 12.6 Å². The molecule has 0 saturated carbocycles. The Morgan fingerprint density at radius 3 is 2.28 bits per heavy atom. The summed E-state index contributed by atoms with van der Waals surface area (Å²) in [5.74, 6) is -0.730. The summed E-state index contributed by atoms with van der Waals surface area (Å²) >= 11 is 0. The van der Waals surface area contributed by atoms with E-state index in [1.165, 1.54) is 7.11 Å². The zero-order chi connectivity index (χ0) is 27.5. The number of methoxy groups -OCH3 is 1. The molecular weight excluding hydrogens is 504 g/mol. The van der Waals surface area contributed by atoms with Gasteiger partial charge in [-0.05, 0) is 25.0 Å². The lowest BCUT2D eigenvalue weighted by molar-refractivity contribution is -0.360. The molecule has 212 valence electrons. The van der Waals surface area contributed by atoms with E-state index < -0.39 is 43.0 Å². The van der Waals surface area contributed by atoms with E-state index in [4.69, 9.17) is 23.7 Å². The third kappa shape index (κ3) is 8.33. The summed E-state index contributed by atoms with van der Waals surface area (Å²) in [5, 5.41) is 11.2. The first kappa shape index (κ1) is 29.2. The summed E-state index contributed by atoms with van der Waals surface area (Å²) in [4.78, 5) is 24.1. The number of unbranched alkanes of at least 4 members (excludes halogenated alkanes) is 5. The van der Waals surface area contributed by atoms with Crippen LogP contribution in [0, 0.1) is 0 Å². The van der Waals surface area contributed by atoms with Crippen molar-refractivity contribution in [1.82, 2.24) is 0 Å². The van der Waals surface area contributed by atoms with E-state index in [1.54, 1.807) is 24.3 Å². The second kappa shape index (κ2) is 15.1. The monoisotopic (exact) mass is 542 g/mol. The van der Waals surface area contributed by atoms with Gasteiger partial charge in [0.1, 0.15) is 18.3 Å². The van der Waals surface area contributed by atoms with Gasteiger partial charge in [0.25, 0.3) is 0 Å². The number of fused-ring (bicyclic) bond motifs is 1. The Labute approximate surface area is 229 Å². The molecule has 2 aliphatic heterocycles. The minimum absolute atomic E-state index is 0.172. The van der Waals surface area contributed by atoms with Gasteiger partial charge in [0.2, 0.25) is 0 Å². The maximum absolute atomic E-state index is 12.9. The third-order valence-corrected chi connectivity index (χ3v) is 6.92. The molecule has 0 aromatic heterocycles. The first-order valence-electron chi connectivity index (χ1n) is 13.7. The zero-order valence-corrected chi connectivity index (χ0v) is 22.3. The average Bonchev–Trinajstić information content (AvgIpc) is 2.98. The number of carbonyl (C=O) groups excluding carboxylic acids is 2. The fraction of sp³-hybridized carbons (Fsp3) is 0.533. The smallest absolute Gasteiger partial charge is 0.338 e. The minimum atomic E-state index is -1.24. The Morgan fingerprint density at radius 1 is 0.897 bits per heavy atom. The number of carbonyl (C=O) groups is 2. The molecule has 2 heterocycles. The van der Waals surface area contributed by atoms with Crippen LogP contribution in [-0.2, 0) is 33.2 Å². The molecule has 0 radical (unpaired) electrons. The number of ether oxygens (including phenoxy) is 6. The SMILES string of the molecule is COC(=O)CCCCCCCCO[C@@H]1O[C@@H]2COC(c3ccccc3)O[C@@H]2[C@H](OC(=O)c2ccccc2)[C@H]1O. The summed E-state index contributed by atoms with van der Waals surface area (Å²) in [6.45, 7) is 0.580. The van der Waals surface area contributed by atoms with Gasteiger partial charge in [-0.15, -0.1) is 0 Å². The molecule has 1 unspecified atom stereocenters. The normalized spacial score (nSPS) is 26.4. The van der Waals surface area contributed by atoms with Gasteiger partial charge in [0, 0.05) is 18.6 Å². The van der Waals surface area contributed by atoms with Crippen LogP contribution in [-0.4, -0.2) is 68.1 Å². The van der Waals surface area contributed by atoms with E-state index in [2.05, 4.69) is 4.74 Å². The van der Waals surface area contributed by atoms with Gasteiger partial charge < -0.3 is 33.5 Å². The lowest BCUT2D eigenvalue weighted by atomic mass is 9.97. The van der Waals surface area contributed by atoms with E-state index in [1.807, 2.05) is 36.4 Å². The number of hydrogen-bond donors (Lipinski definition) is 1. The molecule has 2 saturated heterocycles. The van der Waals surface area contributed by atoms with Gasteiger partial charge in [-0.2, -0.15) is 0 Å². The Hall–Kier alpha value is -2.82. The van der Waals surface area contributed by atoms with Crippen LogP contribution in [0.5, 0.6) is 0 Å². The third-order valence-electron chi connectivity index (χ3n) is 6.92. The van der Waals surface area contributed by atoms with Gasteiger partial charge in [-0.1, -0.05) is 74.2 Å². The van der Waals surface area contributed by atoms with Gasteiger partial charge >= 0.3 is 11.9 Å². The molecule has 0 aliphatic carbocycles. The molecule has 6 atom stereocenters. The number of aliphatic hydroxyl groups excluding tert-OH is 1. The van der Waals surface area contributed by atoms with Crippen molar-refractivity contribution in [2.45, 2.75) is 81.9 Å². The first-order valence-corrected chi connectivity index (χ1v) is 13.7. The van der Waals surface area contributed by atoms with E-state index in [0.29, 0.717) is 18.6 Å². The molecule has 2 fully saturated rings. The summed E-state index contributed by atoms with van der Waals surface area (Å²) in [5.41, 5.74) is 1.20. The molecule has 0 bridgehead atoms. The number of hydrogen-bond acceptors (Lipinski definition) is 9. The number of benzene rings is 2. The van der Waals surface area contributed by atoms with Crippen molar-refractivity contribution < 1.29 is 43.1 Å². The average molecular weight is 543 g/mol. The topological polar surface area (TPSA) is 110 Å². The maximum Gasteiger partial charge on any atom is 0.338 e. The number of esters is 2. The fourth-order valence-corrected chi connectivity index (χ4v) is 4.76. The standard InChI is InChI=1S/C30H38O9/c1-34-24(31)18-12-4-2-3-5-13-19-35-30-25(32)27(38-28(33)21-14-8-6-9-15-21)26-23(37-30)20-36-29(39-26)22-16-10-7-11-17-22/h6-11,14-17,23,25-27,29-30,32H,2-5,12-13,18-20H2,1H3/t23-,25-,26+,27-,29?,30-/m1/s1. The molecule has 9 heteroatoms. The molecular formula is C30H38O9. The molecule has 2 aliphatic rings. The minimum Gasteiger partial charge on any atom is -0.469 e. The van der Waals surface area contributed by atoms with Crippen molar-refractivity contribution >= 4 is 11.9 Å². The predicted molar refractivity (Wildman–Crippen MR) is 141 cm³/mol. The highest BCUT2D eigenvalue weighted by Gasteiger charge is 2.52. The molecule has 0 spiro atoms. The van der Waals surface area contributed by atoms with Gasteiger partial charge in [-0.25, -0.2) is 4.79 Å². The number of aliphatic hydroxyl groups is 1. The van der Waals surface area contributed by atoms with Gasteiger partial charge in [0.05, 0.1) is 19.3 Å². The van der Waals surface area contributed by atoms with E-state index in [9.17, 15) is 14.7 Å². The van der Waals surface area contributed by atoms with Crippen LogP contribution in [0.4, 0.5) is 0 Å². The fourth-order valence-electron chi connectivity index (χ4n) is 4.76. The van der Waals surface area contributed by atoms with Crippen molar-refractivity contribution in [3.05, 3.63) is 71.8 Å². The van der Waals surface area contributed by atoms with Crippen LogP contribution in [0.25, 0.3) is 0 Å². The Balaban J connectivity index is 1.32. The van der Waals surface area contributed by atoms with Crippen molar-refractivity contribution in [2.24, 2.45) is 0 Å². The first-order chi connectivity index (χ1) is 19.1. The highest BCUT2D eigenvalue weighted by Crippen LogP contribution is 2.36. The predicted octanol–water partition coefficient (Wildman–Crippen LogP) is 4.33. The molecule has 0 amide bonds. The highest BCUT2D eigenvalue weighted by molar-refractivity contribution is 5.89. The van der Waals surface area contributed by atoms with Crippen molar-refractivity contribution in [1.29, 1.82) is 0 Å². The Bertz CT molecular complexity index is 1020. The van der Waals surface area contributed by atoms with Crippen LogP contribution in [0.2, 0.25) is 0 Å². The lowest BCUT2D eigenvalue weighted by Gasteiger charge is -2.47. The van der Waals surface area contributed by atoms with Crippen molar-refractivity contribution in [3.63, 3.8) is 0 Å². The molecule has 2 aromatic rings. The summed E-state index contributed by atoms with van der Waals surface area (Å²) < 4.78 is 34.5. The Morgan fingerprint density at radius 2 is 1.56 bits per heavy atom. The summed E-state index contributed by atoms with van der Waals surface area (Å²) in [6, 6.07) is 18.1. The lowest BCUT2D eigenvalue weighted by Crippen LogP contribution is -2.63. The second-order valence-electron chi connectivity index (χ2n) is 9.76. The van der Waals surface area contributed by atoms with Gasteiger partial charge in [-0.3, -0.25) is 4.79 Å². The maximum atomic E-state index is 12.9. The van der Waals surface area contributed by atoms with Gasteiger partial charge in [0.15, 0.2) is 18.7 Å². The van der Waals surface area contributed by atoms with Crippen LogP contribution in [0.1, 0.15) is 67.2 Å². The molecule has 2 aromatic carbocycles. The molecule has 4 rings (SSSR count). The van der Waals surface area contributed by atoms with Crippen LogP contribution < -0.4 is 0 Å². The molecule has 1 N–H and O–H groups in total. The molecule has 9 nitrogen and oxygen atoms in total.